The van der Waals surface area contributed by atoms with Gasteiger partial charge in [0.05, 0.1) is 5.69 Å². The lowest BCUT2D eigenvalue weighted by Crippen LogP contribution is -2.48. The molecule has 1 unspecified atom stereocenters. The third-order valence-electron chi connectivity index (χ3n) is 4.90. The van der Waals surface area contributed by atoms with Crippen LogP contribution in [0.15, 0.2) is 48.8 Å². The number of anilines is 1. The Balaban J connectivity index is 1.52. The highest BCUT2D eigenvalue weighted by Crippen LogP contribution is 2.42. The first kappa shape index (κ1) is 20.6. The zero-order valence-electron chi connectivity index (χ0n) is 15.5. The van der Waals surface area contributed by atoms with Gasteiger partial charge in [-0.15, -0.1) is 4.52 Å². The Hall–Kier alpha value is -2.69. The molecular weight excluding hydrogens is 418 g/mol. The normalized spacial score (nSPS) is 26.8. The second-order valence-electron chi connectivity index (χ2n) is 6.77. The minimum Gasteiger partial charge on any atom is -0.387 e. The van der Waals surface area contributed by atoms with E-state index < -0.39 is 45.4 Å². The Morgan fingerprint density at radius 1 is 1.27 bits per heavy atom. The van der Waals surface area contributed by atoms with Crippen LogP contribution in [0.25, 0.3) is 5.52 Å². The molecule has 30 heavy (non-hydrogen) atoms. The lowest BCUT2D eigenvalue weighted by Gasteiger charge is -2.26. The first-order valence-corrected chi connectivity index (χ1v) is 10.1. The number of rotatable bonds is 7. The van der Waals surface area contributed by atoms with Crippen LogP contribution in [0.5, 0.6) is 5.75 Å². The summed E-state index contributed by atoms with van der Waals surface area (Å²) in [5.41, 5.74) is 4.66. The monoisotopic (exact) mass is 437 g/mol. The third-order valence-corrected chi connectivity index (χ3v) is 5.60. The average molecular weight is 437 g/mol. The number of para-hydroxylation sites is 1. The lowest BCUT2D eigenvalue weighted by atomic mass is 9.96. The van der Waals surface area contributed by atoms with E-state index in [1.165, 1.54) is 10.8 Å². The summed E-state index contributed by atoms with van der Waals surface area (Å²) in [4.78, 5) is 3.88. The minimum atomic E-state index is -2.67. The fourth-order valence-electron chi connectivity index (χ4n) is 3.32. The third kappa shape index (κ3) is 3.62. The lowest BCUT2D eigenvalue weighted by molar-refractivity contribution is -0.118. The molecule has 1 saturated heterocycles. The molecule has 158 valence electrons. The SMILES string of the molecule is Nc1ncnn2c([C@@H]3O[C@](CF)(CO[P+](=O)Oc4ccccc4)[C@@H](O)[C@H]3O)ccc12. The Morgan fingerprint density at radius 3 is 2.77 bits per heavy atom. The van der Waals surface area contributed by atoms with Crippen molar-refractivity contribution in [2.45, 2.75) is 23.9 Å². The second kappa shape index (κ2) is 8.21. The van der Waals surface area contributed by atoms with Gasteiger partial charge < -0.3 is 20.7 Å². The summed E-state index contributed by atoms with van der Waals surface area (Å²) in [6, 6.07) is 11.5. The van der Waals surface area contributed by atoms with Gasteiger partial charge in [-0.3, -0.25) is 0 Å². The molecule has 0 spiro atoms. The van der Waals surface area contributed by atoms with Gasteiger partial charge in [-0.1, -0.05) is 18.2 Å². The van der Waals surface area contributed by atoms with Gasteiger partial charge in [-0.25, -0.2) is 18.4 Å². The molecule has 0 aliphatic carbocycles. The molecule has 5 atom stereocenters. The van der Waals surface area contributed by atoms with Crippen molar-refractivity contribution in [1.82, 2.24) is 14.6 Å². The van der Waals surface area contributed by atoms with E-state index in [0.717, 1.165) is 0 Å². The molecule has 3 heterocycles. The topological polar surface area (TPSA) is 141 Å². The highest BCUT2D eigenvalue weighted by atomic mass is 31.1. The van der Waals surface area contributed by atoms with Gasteiger partial charge in [0.25, 0.3) is 0 Å². The molecule has 1 aliphatic heterocycles. The van der Waals surface area contributed by atoms with Gasteiger partial charge >= 0.3 is 8.25 Å². The van der Waals surface area contributed by atoms with Crippen LogP contribution in [0.1, 0.15) is 11.8 Å². The molecule has 2 aromatic heterocycles. The molecule has 1 fully saturated rings. The van der Waals surface area contributed by atoms with Crippen LogP contribution in [0, 0.1) is 0 Å². The van der Waals surface area contributed by atoms with E-state index in [9.17, 15) is 19.2 Å². The predicted octanol–water partition coefficient (Wildman–Crippen LogP) is 1.57. The van der Waals surface area contributed by atoms with Crippen LogP contribution in [0.3, 0.4) is 0 Å². The summed E-state index contributed by atoms with van der Waals surface area (Å²) in [7, 11) is -2.67. The van der Waals surface area contributed by atoms with Crippen molar-refractivity contribution >= 4 is 19.6 Å². The van der Waals surface area contributed by atoms with E-state index in [0.29, 0.717) is 17.0 Å². The number of nitrogens with two attached hydrogens (primary N) is 1. The number of halogens is 1. The number of nitrogens with zero attached hydrogens (tertiary/aromatic N) is 3. The molecule has 0 bridgehead atoms. The fraction of sp³-hybridized carbons (Fsp3) is 0.333. The van der Waals surface area contributed by atoms with Crippen molar-refractivity contribution in [3.63, 3.8) is 0 Å². The summed E-state index contributed by atoms with van der Waals surface area (Å²) < 4.78 is 43.4. The van der Waals surface area contributed by atoms with Crippen molar-refractivity contribution in [3.8, 4) is 5.75 Å². The summed E-state index contributed by atoms with van der Waals surface area (Å²) in [5.74, 6) is 0.509. The number of aliphatic hydroxyl groups excluding tert-OH is 2. The molecule has 0 radical (unpaired) electrons. The molecule has 1 aromatic carbocycles. The van der Waals surface area contributed by atoms with Crippen molar-refractivity contribution in [3.05, 3.63) is 54.5 Å². The van der Waals surface area contributed by atoms with E-state index in [4.69, 9.17) is 19.5 Å². The maximum Gasteiger partial charge on any atom is 0.750 e. The zero-order chi connectivity index (χ0) is 21.3. The summed E-state index contributed by atoms with van der Waals surface area (Å²) in [5, 5.41) is 25.1. The number of aromatic nitrogens is 3. The van der Waals surface area contributed by atoms with E-state index in [-0.39, 0.29) is 5.82 Å². The van der Waals surface area contributed by atoms with Crippen molar-refractivity contribution in [2.24, 2.45) is 0 Å². The molecule has 4 N–H and O–H groups in total. The number of hydrogen-bond acceptors (Lipinski definition) is 9. The van der Waals surface area contributed by atoms with E-state index in [1.807, 2.05) is 0 Å². The van der Waals surface area contributed by atoms with Crippen molar-refractivity contribution in [1.29, 1.82) is 0 Å². The summed E-state index contributed by atoms with van der Waals surface area (Å²) in [6.45, 7) is -1.81. The first-order chi connectivity index (χ1) is 14.4. The molecule has 0 saturated carbocycles. The standard InChI is InChI=1S/C18H19FN4O6P/c19-8-18(9-27-30(26)29-11-4-2-1-3-5-11)16(25)14(24)15(28-18)12-6-7-13-17(20)21-10-22-23(12)13/h1-7,10,14-16,24-25H,8-9H2,(H2,20,21,22)/q+1/t14-,15-,16-,18+/m0/s1. The first-order valence-electron chi connectivity index (χ1n) is 8.96. The largest absolute Gasteiger partial charge is 0.750 e. The van der Waals surface area contributed by atoms with Crippen LogP contribution in [0.4, 0.5) is 10.2 Å². The number of ether oxygens (including phenoxy) is 1. The van der Waals surface area contributed by atoms with E-state index >= 15 is 0 Å². The van der Waals surface area contributed by atoms with E-state index in [2.05, 4.69) is 10.1 Å². The molecule has 10 nitrogen and oxygen atoms in total. The predicted molar refractivity (Wildman–Crippen MR) is 103 cm³/mol. The maximum absolute atomic E-state index is 14.0. The van der Waals surface area contributed by atoms with Gasteiger partial charge in [0.2, 0.25) is 0 Å². The van der Waals surface area contributed by atoms with Crippen LogP contribution in [-0.2, 0) is 13.8 Å². The van der Waals surface area contributed by atoms with Gasteiger partial charge in [-0.2, -0.15) is 5.10 Å². The number of nitrogen functional groups attached to an aromatic ring is 1. The Labute approximate surface area is 171 Å². The highest BCUT2D eigenvalue weighted by Gasteiger charge is 2.57. The molecule has 0 amide bonds. The van der Waals surface area contributed by atoms with E-state index in [1.54, 1.807) is 42.5 Å². The minimum absolute atomic E-state index is 0.208. The Morgan fingerprint density at radius 2 is 2.03 bits per heavy atom. The van der Waals surface area contributed by atoms with Gasteiger partial charge in [0.1, 0.15) is 43.4 Å². The van der Waals surface area contributed by atoms with Crippen LogP contribution in [-0.4, -0.2) is 55.9 Å². The van der Waals surface area contributed by atoms with Crippen molar-refractivity contribution < 1.29 is 33.0 Å². The smallest absolute Gasteiger partial charge is 0.387 e. The van der Waals surface area contributed by atoms with Crippen molar-refractivity contribution in [2.75, 3.05) is 19.0 Å². The average Bonchev–Trinajstić information content (AvgIpc) is 3.29. The van der Waals surface area contributed by atoms with Crippen LogP contribution in [0.2, 0.25) is 0 Å². The van der Waals surface area contributed by atoms with Gasteiger partial charge in [-0.05, 0) is 24.3 Å². The maximum atomic E-state index is 14.0. The second-order valence-corrected chi connectivity index (χ2v) is 7.66. The zero-order valence-corrected chi connectivity index (χ0v) is 16.4. The quantitative estimate of drug-likeness (QED) is 0.470. The summed E-state index contributed by atoms with van der Waals surface area (Å²) in [6.07, 6.45) is -3.06. The number of aliphatic hydroxyl groups is 2. The fourth-order valence-corrected chi connectivity index (χ4v) is 3.99. The molecule has 1 aliphatic rings. The number of fused-ring (bicyclic) bond motifs is 1. The Kier molecular flexibility index (Phi) is 5.63. The Bertz CT molecular complexity index is 1050. The number of alkyl halides is 1. The number of hydrogen-bond donors (Lipinski definition) is 3. The molecule has 3 aromatic rings. The van der Waals surface area contributed by atoms with Crippen LogP contribution < -0.4 is 10.3 Å². The molecule has 4 rings (SSSR count). The molecule has 12 heteroatoms. The molecular formula is C18H19FN4O6P+. The summed E-state index contributed by atoms with van der Waals surface area (Å²) >= 11 is 0. The van der Waals surface area contributed by atoms with Gasteiger partial charge in [0, 0.05) is 4.57 Å². The number of benzene rings is 1. The van der Waals surface area contributed by atoms with Gasteiger partial charge in [0.15, 0.2) is 17.2 Å². The van der Waals surface area contributed by atoms with Crippen LogP contribution >= 0.6 is 8.25 Å². The highest BCUT2D eigenvalue weighted by molar-refractivity contribution is 7.33.